The van der Waals surface area contributed by atoms with E-state index in [0.717, 1.165) is 50.1 Å². The highest BCUT2D eigenvalue weighted by atomic mass is 16.7. The fourth-order valence-corrected chi connectivity index (χ4v) is 6.17. The molecule has 0 radical (unpaired) electrons. The molecule has 7 nitrogen and oxygen atoms in total. The lowest BCUT2D eigenvalue weighted by Gasteiger charge is -2.57. The van der Waals surface area contributed by atoms with Gasteiger partial charge in [0.05, 0.1) is 12.2 Å². The van der Waals surface area contributed by atoms with Crippen molar-refractivity contribution in [1.29, 1.82) is 0 Å². The van der Waals surface area contributed by atoms with Crippen molar-refractivity contribution in [2.75, 3.05) is 31.7 Å². The molecule has 7 heteroatoms. The summed E-state index contributed by atoms with van der Waals surface area (Å²) in [5.74, 6) is 3.53. The van der Waals surface area contributed by atoms with Gasteiger partial charge in [0.25, 0.3) is 5.91 Å². The minimum Gasteiger partial charge on any atom is -0.454 e. The van der Waals surface area contributed by atoms with Gasteiger partial charge >= 0.3 is 0 Å². The van der Waals surface area contributed by atoms with E-state index in [2.05, 4.69) is 35.2 Å². The van der Waals surface area contributed by atoms with Gasteiger partial charge in [-0.05, 0) is 61.1 Å². The zero-order chi connectivity index (χ0) is 22.6. The van der Waals surface area contributed by atoms with Crippen LogP contribution in [0, 0.1) is 17.3 Å². The van der Waals surface area contributed by atoms with Crippen LogP contribution in [-0.2, 0) is 0 Å². The predicted molar refractivity (Wildman–Crippen MR) is 126 cm³/mol. The number of nitrogens with one attached hydrogen (secondary N) is 1. The lowest BCUT2D eigenvalue weighted by molar-refractivity contribution is -0.0115. The summed E-state index contributed by atoms with van der Waals surface area (Å²) in [5, 5.41) is 7.58. The van der Waals surface area contributed by atoms with E-state index in [1.54, 1.807) is 30.0 Å². The number of rotatable bonds is 5. The number of amides is 1. The van der Waals surface area contributed by atoms with Crippen molar-refractivity contribution in [3.05, 3.63) is 47.7 Å². The molecule has 1 aromatic heterocycles. The van der Waals surface area contributed by atoms with Crippen molar-refractivity contribution in [3.63, 3.8) is 0 Å². The van der Waals surface area contributed by atoms with Gasteiger partial charge in [0, 0.05) is 31.3 Å². The van der Waals surface area contributed by atoms with Crippen LogP contribution in [0.3, 0.4) is 0 Å². The smallest absolute Gasteiger partial charge is 0.256 e. The van der Waals surface area contributed by atoms with Gasteiger partial charge in [0.1, 0.15) is 5.82 Å². The molecule has 1 saturated carbocycles. The number of anilines is 1. The summed E-state index contributed by atoms with van der Waals surface area (Å²) in [5.41, 5.74) is 2.70. The fourth-order valence-electron chi connectivity index (χ4n) is 6.17. The van der Waals surface area contributed by atoms with Gasteiger partial charge < -0.3 is 14.8 Å². The number of fused-ring (bicyclic) bond motifs is 2. The van der Waals surface area contributed by atoms with E-state index in [1.807, 2.05) is 10.7 Å². The average Bonchev–Trinajstić information content (AvgIpc) is 3.48. The van der Waals surface area contributed by atoms with Gasteiger partial charge in [-0.25, -0.2) is 4.68 Å². The lowest BCUT2D eigenvalue weighted by Crippen LogP contribution is -2.50. The highest BCUT2D eigenvalue weighted by Gasteiger charge is 2.51. The number of benzene rings is 1. The number of carbonyl (C=O) groups excluding carboxylic acids is 1. The lowest BCUT2D eigenvalue weighted by atomic mass is 9.49. The van der Waals surface area contributed by atoms with Crippen LogP contribution in [0.25, 0.3) is 0 Å². The second kappa shape index (κ2) is 7.90. The summed E-state index contributed by atoms with van der Waals surface area (Å²) in [6, 6.07) is 7.43. The first-order chi connectivity index (χ1) is 16.0. The Morgan fingerprint density at radius 2 is 2.00 bits per heavy atom. The molecule has 2 fully saturated rings. The van der Waals surface area contributed by atoms with Crippen molar-refractivity contribution < 1.29 is 14.3 Å². The van der Waals surface area contributed by atoms with Gasteiger partial charge in [-0.2, -0.15) is 5.10 Å². The Kier molecular flexibility index (Phi) is 4.98. The molecule has 2 aliphatic heterocycles. The van der Waals surface area contributed by atoms with Gasteiger partial charge in [-0.1, -0.05) is 25.5 Å². The van der Waals surface area contributed by atoms with Gasteiger partial charge in [0.15, 0.2) is 11.5 Å². The number of aromatic nitrogens is 2. The summed E-state index contributed by atoms with van der Waals surface area (Å²) in [7, 11) is 0. The van der Waals surface area contributed by atoms with Crippen LogP contribution >= 0.6 is 0 Å². The van der Waals surface area contributed by atoms with E-state index in [4.69, 9.17) is 9.47 Å². The largest absolute Gasteiger partial charge is 0.454 e. The molecule has 5 aliphatic rings. The number of hydrogen-bond acceptors (Lipinski definition) is 5. The number of allylic oxidation sites excluding steroid dienone is 1. The van der Waals surface area contributed by atoms with Crippen molar-refractivity contribution >= 4 is 11.7 Å². The molecule has 2 bridgehead atoms. The number of nitrogens with zero attached hydrogens (tertiary/aromatic N) is 3. The molecule has 3 aliphatic carbocycles. The van der Waals surface area contributed by atoms with Crippen LogP contribution in [-0.4, -0.2) is 47.0 Å². The highest BCUT2D eigenvalue weighted by molar-refractivity contribution is 6.04. The van der Waals surface area contributed by atoms with Gasteiger partial charge in [0.2, 0.25) is 6.79 Å². The zero-order valence-electron chi connectivity index (χ0n) is 19.4. The number of likely N-dealkylation sites (tertiary alicyclic amines) is 1. The molecule has 0 unspecified atom stereocenters. The normalized spacial score (nSPS) is 25.9. The first-order valence-corrected chi connectivity index (χ1v) is 12.1. The SMILES string of the molecule is CC1(C)[C@H]2CC=C(CN3CCC(n4nccc4NC(=O)c4ccc5c(c4)OCO5)CC3)[C@@H]1C2. The molecule has 3 heterocycles. The highest BCUT2D eigenvalue weighted by Crippen LogP contribution is 2.59. The summed E-state index contributed by atoms with van der Waals surface area (Å²) < 4.78 is 12.7. The first-order valence-electron chi connectivity index (χ1n) is 12.1. The van der Waals surface area contributed by atoms with Crippen LogP contribution < -0.4 is 14.8 Å². The number of piperidine rings is 1. The van der Waals surface area contributed by atoms with Crippen molar-refractivity contribution in [2.24, 2.45) is 17.3 Å². The summed E-state index contributed by atoms with van der Waals surface area (Å²) in [4.78, 5) is 15.4. The molecule has 2 atom stereocenters. The van der Waals surface area contributed by atoms with E-state index in [0.29, 0.717) is 28.5 Å². The molecular weight excluding hydrogens is 416 g/mol. The molecule has 7 rings (SSSR count). The van der Waals surface area contributed by atoms with Crippen LogP contribution in [0.15, 0.2) is 42.1 Å². The molecule has 1 saturated heterocycles. The van der Waals surface area contributed by atoms with Gasteiger partial charge in [-0.3, -0.25) is 9.69 Å². The maximum Gasteiger partial charge on any atom is 0.256 e. The number of hydrogen-bond donors (Lipinski definition) is 1. The molecule has 2 aromatic rings. The quantitative estimate of drug-likeness (QED) is 0.683. The third kappa shape index (κ3) is 3.62. The minimum absolute atomic E-state index is 0.168. The van der Waals surface area contributed by atoms with E-state index < -0.39 is 0 Å². The van der Waals surface area contributed by atoms with Gasteiger partial charge in [-0.15, -0.1) is 0 Å². The molecule has 1 N–H and O–H groups in total. The third-order valence-corrected chi connectivity index (χ3v) is 8.44. The summed E-state index contributed by atoms with van der Waals surface area (Å²) in [6.07, 6.45) is 9.01. The Hall–Kier alpha value is -2.80. The van der Waals surface area contributed by atoms with Crippen molar-refractivity contribution in [3.8, 4) is 11.5 Å². The van der Waals surface area contributed by atoms with Crippen molar-refractivity contribution in [2.45, 2.75) is 45.6 Å². The first kappa shape index (κ1) is 20.8. The Morgan fingerprint density at radius 3 is 2.79 bits per heavy atom. The number of carbonyl (C=O) groups is 1. The van der Waals surface area contributed by atoms with E-state index >= 15 is 0 Å². The van der Waals surface area contributed by atoms with E-state index in [-0.39, 0.29) is 12.7 Å². The standard InChI is InChI=1S/C26H32N4O3/c1-26(2)19-5-3-18(21(26)14-19)15-29-11-8-20(9-12-29)30-24(7-10-27-30)28-25(31)17-4-6-22-23(13-17)33-16-32-22/h3-4,6-7,10,13,19-21H,5,8-9,11-12,14-16H2,1-2H3,(H,28,31)/t19-,21-/m0/s1. The van der Waals surface area contributed by atoms with Crippen LogP contribution in [0.2, 0.25) is 0 Å². The predicted octanol–water partition coefficient (Wildman–Crippen LogP) is 4.49. The van der Waals surface area contributed by atoms with Crippen LogP contribution in [0.5, 0.6) is 11.5 Å². The topological polar surface area (TPSA) is 68.6 Å². The second-order valence-electron chi connectivity index (χ2n) is 10.5. The number of ether oxygens (including phenoxy) is 2. The second-order valence-corrected chi connectivity index (χ2v) is 10.5. The monoisotopic (exact) mass is 448 g/mol. The van der Waals surface area contributed by atoms with E-state index in [9.17, 15) is 4.79 Å². The maximum absolute atomic E-state index is 12.8. The molecular formula is C26H32N4O3. The Bertz CT molecular complexity index is 1100. The average molecular weight is 449 g/mol. The van der Waals surface area contributed by atoms with Crippen LogP contribution in [0.4, 0.5) is 5.82 Å². The zero-order valence-corrected chi connectivity index (χ0v) is 19.4. The summed E-state index contributed by atoms with van der Waals surface area (Å²) >= 11 is 0. The Balaban J connectivity index is 1.07. The maximum atomic E-state index is 12.8. The molecule has 174 valence electrons. The molecule has 1 aromatic carbocycles. The minimum atomic E-state index is -0.168. The van der Waals surface area contributed by atoms with Crippen LogP contribution in [0.1, 0.15) is 55.9 Å². The Morgan fingerprint density at radius 1 is 1.18 bits per heavy atom. The molecule has 1 amide bonds. The summed E-state index contributed by atoms with van der Waals surface area (Å²) in [6.45, 7) is 8.33. The molecule has 0 spiro atoms. The Labute approximate surface area is 194 Å². The third-order valence-electron chi connectivity index (χ3n) is 8.44. The molecule has 33 heavy (non-hydrogen) atoms. The fraction of sp³-hybridized carbons (Fsp3) is 0.538. The van der Waals surface area contributed by atoms with E-state index in [1.165, 1.54) is 12.8 Å². The van der Waals surface area contributed by atoms with Crippen molar-refractivity contribution in [1.82, 2.24) is 14.7 Å².